The number of rotatable bonds is 12. The molecular weight excluding hydrogens is 252 g/mol. The fourth-order valence-electron chi connectivity index (χ4n) is 1.74. The summed E-state index contributed by atoms with van der Waals surface area (Å²) in [6.07, 6.45) is 18.2. The van der Waals surface area contributed by atoms with Crippen LogP contribution in [-0.2, 0) is 4.79 Å². The highest BCUT2D eigenvalue weighted by Gasteiger charge is 1.97. The minimum absolute atomic E-state index is 0.220. The predicted molar refractivity (Wildman–Crippen MR) is 83.7 cm³/mol. The molecule has 0 bridgehead atoms. The number of carboxylic acid groups (broad SMARTS) is 1. The van der Waals surface area contributed by atoms with Gasteiger partial charge in [0.15, 0.2) is 0 Å². The van der Waals surface area contributed by atoms with Gasteiger partial charge in [-0.3, -0.25) is 4.79 Å². The molecule has 0 saturated heterocycles. The van der Waals surface area contributed by atoms with E-state index >= 15 is 0 Å². The lowest BCUT2D eigenvalue weighted by Crippen LogP contribution is -2.00. The van der Waals surface area contributed by atoms with Crippen molar-refractivity contribution in [3.8, 4) is 0 Å². The molecule has 0 saturated carbocycles. The van der Waals surface area contributed by atoms with Crippen LogP contribution in [0.1, 0.15) is 58.3 Å². The number of hydrogen-bond acceptors (Lipinski definition) is 2. The molecule has 0 spiro atoms. The number of hydrogen-bond donors (Lipinski definition) is 2. The van der Waals surface area contributed by atoms with Crippen LogP contribution in [0.3, 0.4) is 0 Å². The first kappa shape index (κ1) is 18.7. The van der Waals surface area contributed by atoms with E-state index in [1.54, 1.807) is 6.08 Å². The highest BCUT2D eigenvalue weighted by atomic mass is 16.4. The molecule has 0 unspecified atom stereocenters. The maximum atomic E-state index is 10.3. The largest absolute Gasteiger partial charge is 0.481 e. The molecule has 0 aromatic heterocycles. The SMILES string of the molecule is CCCCCC[C@H](O)/C=C/C=C/C=C\CCCC(=O)O. The van der Waals surface area contributed by atoms with Gasteiger partial charge in [-0.1, -0.05) is 69.1 Å². The number of allylic oxidation sites excluding steroid dienone is 5. The first-order chi connectivity index (χ1) is 9.66. The van der Waals surface area contributed by atoms with Crippen LogP contribution in [-0.4, -0.2) is 22.3 Å². The molecule has 0 aromatic rings. The Bertz CT molecular complexity index is 316. The average molecular weight is 280 g/mol. The van der Waals surface area contributed by atoms with Gasteiger partial charge in [-0.15, -0.1) is 0 Å². The Labute approximate surface area is 122 Å². The maximum absolute atomic E-state index is 10.3. The molecule has 0 heterocycles. The summed E-state index contributed by atoms with van der Waals surface area (Å²) in [6, 6.07) is 0. The molecule has 0 aliphatic rings. The highest BCUT2D eigenvalue weighted by molar-refractivity contribution is 5.66. The van der Waals surface area contributed by atoms with Crippen molar-refractivity contribution in [3.63, 3.8) is 0 Å². The second-order valence-corrected chi connectivity index (χ2v) is 4.90. The molecule has 0 radical (unpaired) electrons. The fraction of sp³-hybridized carbons (Fsp3) is 0.588. The summed E-state index contributed by atoms with van der Waals surface area (Å²) < 4.78 is 0. The van der Waals surface area contributed by atoms with E-state index in [-0.39, 0.29) is 12.5 Å². The van der Waals surface area contributed by atoms with Crippen molar-refractivity contribution in [2.75, 3.05) is 0 Å². The number of carboxylic acids is 1. The lowest BCUT2D eigenvalue weighted by molar-refractivity contribution is -0.137. The van der Waals surface area contributed by atoms with E-state index in [2.05, 4.69) is 6.92 Å². The van der Waals surface area contributed by atoms with E-state index in [9.17, 15) is 9.90 Å². The monoisotopic (exact) mass is 280 g/mol. The van der Waals surface area contributed by atoms with Gasteiger partial charge in [0.2, 0.25) is 0 Å². The van der Waals surface area contributed by atoms with E-state index in [4.69, 9.17) is 5.11 Å². The first-order valence-electron chi connectivity index (χ1n) is 7.56. The predicted octanol–water partition coefficient (Wildman–Crippen LogP) is 4.24. The smallest absolute Gasteiger partial charge is 0.303 e. The van der Waals surface area contributed by atoms with E-state index in [0.29, 0.717) is 6.42 Å². The van der Waals surface area contributed by atoms with Crippen molar-refractivity contribution in [1.82, 2.24) is 0 Å². The second kappa shape index (κ2) is 14.1. The zero-order valence-electron chi connectivity index (χ0n) is 12.5. The Kier molecular flexibility index (Phi) is 13.1. The summed E-state index contributed by atoms with van der Waals surface area (Å²) in [6.45, 7) is 2.18. The highest BCUT2D eigenvalue weighted by Crippen LogP contribution is 2.06. The topological polar surface area (TPSA) is 57.5 Å². The summed E-state index contributed by atoms with van der Waals surface area (Å²) in [4.78, 5) is 10.3. The van der Waals surface area contributed by atoms with Gasteiger partial charge in [-0.05, 0) is 19.3 Å². The third-order valence-electron chi connectivity index (χ3n) is 2.92. The third-order valence-corrected chi connectivity index (χ3v) is 2.92. The van der Waals surface area contributed by atoms with Gasteiger partial charge in [-0.25, -0.2) is 0 Å². The molecule has 2 N–H and O–H groups in total. The molecule has 114 valence electrons. The molecule has 0 fully saturated rings. The van der Waals surface area contributed by atoms with E-state index < -0.39 is 5.97 Å². The number of aliphatic carboxylic acids is 1. The summed E-state index contributed by atoms with van der Waals surface area (Å²) in [5.41, 5.74) is 0. The lowest BCUT2D eigenvalue weighted by atomic mass is 10.1. The molecule has 3 nitrogen and oxygen atoms in total. The average Bonchev–Trinajstić information content (AvgIpc) is 2.41. The van der Waals surface area contributed by atoms with Crippen LogP contribution in [0.5, 0.6) is 0 Å². The molecule has 0 aliphatic heterocycles. The Morgan fingerprint density at radius 3 is 2.50 bits per heavy atom. The number of aliphatic hydroxyl groups is 1. The number of unbranched alkanes of at least 4 members (excludes halogenated alkanes) is 4. The van der Waals surface area contributed by atoms with Crippen LogP contribution >= 0.6 is 0 Å². The Morgan fingerprint density at radius 1 is 1.05 bits per heavy atom. The molecule has 20 heavy (non-hydrogen) atoms. The third kappa shape index (κ3) is 14.7. The molecule has 0 aliphatic carbocycles. The molecular formula is C17H28O3. The van der Waals surface area contributed by atoms with Crippen molar-refractivity contribution < 1.29 is 15.0 Å². The second-order valence-electron chi connectivity index (χ2n) is 4.90. The summed E-state index contributed by atoms with van der Waals surface area (Å²) in [7, 11) is 0. The summed E-state index contributed by atoms with van der Waals surface area (Å²) in [5, 5.41) is 18.1. The van der Waals surface area contributed by atoms with Crippen molar-refractivity contribution >= 4 is 5.97 Å². The van der Waals surface area contributed by atoms with Crippen LogP contribution in [0.25, 0.3) is 0 Å². The van der Waals surface area contributed by atoms with Crippen LogP contribution < -0.4 is 0 Å². The maximum Gasteiger partial charge on any atom is 0.303 e. The van der Waals surface area contributed by atoms with Crippen molar-refractivity contribution in [2.24, 2.45) is 0 Å². The van der Waals surface area contributed by atoms with Crippen LogP contribution in [0, 0.1) is 0 Å². The Balaban J connectivity index is 3.58. The first-order valence-corrected chi connectivity index (χ1v) is 7.56. The van der Waals surface area contributed by atoms with Crippen molar-refractivity contribution in [1.29, 1.82) is 0 Å². The molecule has 0 rings (SSSR count). The van der Waals surface area contributed by atoms with Gasteiger partial charge in [0, 0.05) is 6.42 Å². The van der Waals surface area contributed by atoms with Gasteiger partial charge in [0.1, 0.15) is 0 Å². The lowest BCUT2D eigenvalue weighted by Gasteiger charge is -2.03. The van der Waals surface area contributed by atoms with Gasteiger partial charge < -0.3 is 10.2 Å². The quantitative estimate of drug-likeness (QED) is 0.415. The van der Waals surface area contributed by atoms with Crippen LogP contribution in [0.4, 0.5) is 0 Å². The molecule has 0 aromatic carbocycles. The number of carbonyl (C=O) groups is 1. The summed E-state index contributed by atoms with van der Waals surface area (Å²) in [5.74, 6) is -0.746. The van der Waals surface area contributed by atoms with Gasteiger partial charge in [0.05, 0.1) is 6.10 Å². The Morgan fingerprint density at radius 2 is 1.80 bits per heavy atom. The van der Waals surface area contributed by atoms with E-state index in [1.165, 1.54) is 19.3 Å². The van der Waals surface area contributed by atoms with Gasteiger partial charge in [-0.2, -0.15) is 0 Å². The van der Waals surface area contributed by atoms with E-state index in [0.717, 1.165) is 19.3 Å². The molecule has 1 atom stereocenters. The summed E-state index contributed by atoms with van der Waals surface area (Å²) >= 11 is 0. The Hall–Kier alpha value is -1.35. The van der Waals surface area contributed by atoms with E-state index in [1.807, 2.05) is 30.4 Å². The van der Waals surface area contributed by atoms with Crippen LogP contribution in [0.15, 0.2) is 36.5 Å². The normalized spacial score (nSPS) is 13.7. The standard InChI is InChI=1S/C17H28O3/c1-2-3-4-10-13-16(18)14-11-8-6-5-7-9-12-15-17(19)20/h5-8,11,14,16,18H,2-4,9-10,12-13,15H2,1H3,(H,19,20)/b7-5-,8-6+,14-11+/t16-/m0/s1. The van der Waals surface area contributed by atoms with Crippen molar-refractivity contribution in [3.05, 3.63) is 36.5 Å². The van der Waals surface area contributed by atoms with Crippen LogP contribution in [0.2, 0.25) is 0 Å². The van der Waals surface area contributed by atoms with Gasteiger partial charge in [0.25, 0.3) is 0 Å². The molecule has 3 heteroatoms. The minimum Gasteiger partial charge on any atom is -0.481 e. The zero-order valence-corrected chi connectivity index (χ0v) is 12.5. The van der Waals surface area contributed by atoms with Gasteiger partial charge >= 0.3 is 5.97 Å². The zero-order chi connectivity index (χ0) is 15.1. The fourth-order valence-corrected chi connectivity index (χ4v) is 1.74. The molecule has 0 amide bonds. The number of aliphatic hydroxyl groups excluding tert-OH is 1. The van der Waals surface area contributed by atoms with Crippen molar-refractivity contribution in [2.45, 2.75) is 64.4 Å². The minimum atomic E-state index is -0.746.